The number of likely N-dealkylation sites (N-methyl/N-ethyl adjacent to an activating group) is 1. The van der Waals surface area contributed by atoms with Gasteiger partial charge in [0.15, 0.2) is 0 Å². The molecule has 4 heteroatoms. The van der Waals surface area contributed by atoms with Gasteiger partial charge < -0.3 is 9.64 Å². The van der Waals surface area contributed by atoms with E-state index in [0.717, 1.165) is 13.0 Å². The Hall–Kier alpha value is -1.81. The normalized spacial score (nSPS) is 43.4. The number of fused-ring (bicyclic) bond motifs is 3. The quantitative estimate of drug-likeness (QED) is 0.596. The van der Waals surface area contributed by atoms with Crippen LogP contribution in [0.4, 0.5) is 5.69 Å². The van der Waals surface area contributed by atoms with Crippen LogP contribution in [0.2, 0.25) is 0 Å². The van der Waals surface area contributed by atoms with Crippen molar-refractivity contribution in [3.8, 4) is 0 Å². The molecule has 7 rings (SSSR count). The minimum atomic E-state index is -0.152. The molecular weight excluding hydrogens is 336 g/mol. The van der Waals surface area contributed by atoms with Gasteiger partial charge in [0.25, 0.3) is 0 Å². The topological polar surface area (TPSA) is 32.8 Å². The fourth-order valence-electron chi connectivity index (χ4n) is 8.29. The maximum Gasteiger partial charge on any atom is 0.302 e. The van der Waals surface area contributed by atoms with E-state index in [4.69, 9.17) is 4.74 Å². The zero-order valence-electron chi connectivity index (χ0n) is 16.3. The summed E-state index contributed by atoms with van der Waals surface area (Å²) in [7, 11) is 2.30. The highest BCUT2D eigenvalue weighted by Gasteiger charge is 2.78. The molecule has 3 heterocycles. The Kier molecular flexibility index (Phi) is 2.97. The Bertz CT molecular complexity index is 866. The largest absolute Gasteiger partial charge is 0.465 e. The molecule has 0 radical (unpaired) electrons. The van der Waals surface area contributed by atoms with Gasteiger partial charge >= 0.3 is 5.97 Å². The monoisotopic (exact) mass is 364 g/mol. The number of rotatable bonds is 2. The molecule has 1 aromatic carbocycles. The summed E-state index contributed by atoms with van der Waals surface area (Å²) in [4.78, 5) is 17.0. The number of benzene rings is 1. The predicted octanol–water partition coefficient (Wildman–Crippen LogP) is 3.12. The first-order valence-corrected chi connectivity index (χ1v) is 10.4. The van der Waals surface area contributed by atoms with Gasteiger partial charge in [0.2, 0.25) is 0 Å². The number of carbonyl (C=O) groups is 1. The molecule has 6 aliphatic rings. The van der Waals surface area contributed by atoms with E-state index in [-0.39, 0.29) is 22.3 Å². The maximum absolute atomic E-state index is 11.7. The van der Waals surface area contributed by atoms with Gasteiger partial charge in [-0.2, -0.15) is 0 Å². The predicted molar refractivity (Wildman–Crippen MR) is 105 cm³/mol. The summed E-state index contributed by atoms with van der Waals surface area (Å²) in [5, 5.41) is 0. The molecular formula is C23H28N2O2. The van der Waals surface area contributed by atoms with Crippen LogP contribution in [-0.2, 0) is 14.9 Å². The Morgan fingerprint density at radius 1 is 1.26 bits per heavy atom. The third kappa shape index (κ3) is 1.60. The molecule has 0 amide bonds. The number of ether oxygens (including phenoxy) is 1. The summed E-state index contributed by atoms with van der Waals surface area (Å²) in [6, 6.07) is 9.68. The van der Waals surface area contributed by atoms with Crippen LogP contribution in [0, 0.1) is 11.3 Å². The number of hydrogen-bond donors (Lipinski definition) is 0. The van der Waals surface area contributed by atoms with Gasteiger partial charge in [-0.15, -0.1) is 0 Å². The molecule has 142 valence electrons. The number of esters is 1. The Balaban J connectivity index is 1.61. The van der Waals surface area contributed by atoms with Gasteiger partial charge in [-0.05, 0) is 43.9 Å². The number of anilines is 1. The molecule has 1 saturated heterocycles. The van der Waals surface area contributed by atoms with Crippen molar-refractivity contribution in [2.24, 2.45) is 11.3 Å². The SMILES string of the molecule is CC(=O)OCC1CC23C=CCN4CCC5(c6ccccc6N(C)C15CC2)C43. The second-order valence-corrected chi connectivity index (χ2v) is 9.46. The summed E-state index contributed by atoms with van der Waals surface area (Å²) < 4.78 is 5.66. The second-order valence-electron chi connectivity index (χ2n) is 9.46. The third-order valence-corrected chi connectivity index (χ3v) is 8.84. The van der Waals surface area contributed by atoms with Gasteiger partial charge in [-0.3, -0.25) is 9.69 Å². The molecule has 27 heavy (non-hydrogen) atoms. The van der Waals surface area contributed by atoms with E-state index in [1.54, 1.807) is 12.5 Å². The van der Waals surface area contributed by atoms with E-state index in [9.17, 15) is 4.79 Å². The van der Waals surface area contributed by atoms with Gasteiger partial charge in [0.05, 0.1) is 12.1 Å². The summed E-state index contributed by atoms with van der Waals surface area (Å²) in [6.45, 7) is 4.37. The first-order chi connectivity index (χ1) is 13.1. The fraction of sp³-hybridized carbons (Fsp3) is 0.609. The molecule has 3 aliphatic heterocycles. The highest BCUT2D eigenvalue weighted by molar-refractivity contribution is 5.71. The fourth-order valence-corrected chi connectivity index (χ4v) is 8.29. The van der Waals surface area contributed by atoms with Crippen LogP contribution in [0.3, 0.4) is 0 Å². The molecule has 4 nitrogen and oxygen atoms in total. The first kappa shape index (κ1) is 16.2. The minimum Gasteiger partial charge on any atom is -0.465 e. The second kappa shape index (κ2) is 4.96. The average Bonchev–Trinajstić information content (AvgIpc) is 3.18. The lowest BCUT2D eigenvalue weighted by atomic mass is 9.39. The average molecular weight is 364 g/mol. The smallest absolute Gasteiger partial charge is 0.302 e. The van der Waals surface area contributed by atoms with Gasteiger partial charge in [-0.1, -0.05) is 30.4 Å². The van der Waals surface area contributed by atoms with E-state index in [1.807, 2.05) is 0 Å². The molecule has 2 bridgehead atoms. The van der Waals surface area contributed by atoms with Crippen LogP contribution in [0.1, 0.15) is 38.2 Å². The van der Waals surface area contributed by atoms with Crippen LogP contribution in [0.15, 0.2) is 36.4 Å². The van der Waals surface area contributed by atoms with Crippen molar-refractivity contribution >= 4 is 11.7 Å². The summed E-state index contributed by atoms with van der Waals surface area (Å²) in [6.07, 6.45) is 9.75. The van der Waals surface area contributed by atoms with Gasteiger partial charge in [0, 0.05) is 49.0 Å². The molecule has 5 atom stereocenters. The van der Waals surface area contributed by atoms with Gasteiger partial charge in [-0.25, -0.2) is 0 Å². The molecule has 0 N–H and O–H groups in total. The standard InChI is InChI=1S/C23H28N2O2/c1-16(26)27-15-17-14-21-8-5-12-25-13-11-22(20(21)25)18-6-3-4-7-19(18)24(2)23(17,22)10-9-21/h3-8,17,20H,9-15H2,1-2H3. The first-order valence-electron chi connectivity index (χ1n) is 10.4. The summed E-state index contributed by atoms with van der Waals surface area (Å²) in [5.41, 5.74) is 3.41. The Labute approximate surface area is 161 Å². The zero-order chi connectivity index (χ0) is 18.4. The highest BCUT2D eigenvalue weighted by Crippen LogP contribution is 2.74. The van der Waals surface area contributed by atoms with Crippen molar-refractivity contribution in [3.63, 3.8) is 0 Å². The van der Waals surface area contributed by atoms with Crippen LogP contribution in [-0.4, -0.2) is 49.2 Å². The van der Waals surface area contributed by atoms with Crippen molar-refractivity contribution in [2.45, 2.75) is 49.6 Å². The van der Waals surface area contributed by atoms with Crippen LogP contribution in [0.5, 0.6) is 0 Å². The minimum absolute atomic E-state index is 0.0679. The molecule has 1 aromatic rings. The van der Waals surface area contributed by atoms with Crippen molar-refractivity contribution in [1.29, 1.82) is 0 Å². The lowest BCUT2D eigenvalue weighted by Crippen LogP contribution is -2.77. The van der Waals surface area contributed by atoms with Crippen molar-refractivity contribution in [2.75, 3.05) is 31.6 Å². The lowest BCUT2D eigenvalue weighted by molar-refractivity contribution is -0.151. The maximum atomic E-state index is 11.7. The Morgan fingerprint density at radius 2 is 2.11 bits per heavy atom. The lowest BCUT2D eigenvalue weighted by Gasteiger charge is -2.69. The van der Waals surface area contributed by atoms with Crippen molar-refractivity contribution in [3.05, 3.63) is 42.0 Å². The van der Waals surface area contributed by atoms with Crippen LogP contribution < -0.4 is 4.90 Å². The number of hydrogen-bond acceptors (Lipinski definition) is 4. The molecule has 0 aromatic heterocycles. The zero-order valence-corrected chi connectivity index (χ0v) is 16.3. The highest BCUT2D eigenvalue weighted by atomic mass is 16.5. The molecule has 5 unspecified atom stereocenters. The van der Waals surface area contributed by atoms with E-state index >= 15 is 0 Å². The molecule has 3 spiro atoms. The summed E-state index contributed by atoms with van der Waals surface area (Å²) >= 11 is 0. The van der Waals surface area contributed by atoms with Crippen molar-refractivity contribution in [1.82, 2.24) is 4.90 Å². The van der Waals surface area contributed by atoms with E-state index in [1.165, 1.54) is 31.5 Å². The number of nitrogens with zero attached hydrogens (tertiary/aromatic N) is 2. The molecule has 3 saturated carbocycles. The van der Waals surface area contributed by atoms with Crippen LogP contribution >= 0.6 is 0 Å². The van der Waals surface area contributed by atoms with Crippen LogP contribution in [0.25, 0.3) is 0 Å². The Morgan fingerprint density at radius 3 is 2.96 bits per heavy atom. The number of carbonyl (C=O) groups excluding carboxylic acids is 1. The van der Waals surface area contributed by atoms with Crippen molar-refractivity contribution < 1.29 is 9.53 Å². The van der Waals surface area contributed by atoms with E-state index < -0.39 is 0 Å². The van der Waals surface area contributed by atoms with Gasteiger partial charge in [0.1, 0.15) is 0 Å². The van der Waals surface area contributed by atoms with E-state index in [2.05, 4.69) is 53.3 Å². The third-order valence-electron chi connectivity index (χ3n) is 8.84. The summed E-state index contributed by atoms with van der Waals surface area (Å²) in [5.74, 6) is 0.229. The molecule has 3 aliphatic carbocycles. The molecule has 4 fully saturated rings. The number of para-hydroxylation sites is 1. The van der Waals surface area contributed by atoms with E-state index in [0.29, 0.717) is 18.6 Å².